The molecule has 0 saturated carbocycles. The van der Waals surface area contributed by atoms with Crippen LogP contribution in [0.5, 0.6) is 5.75 Å². The van der Waals surface area contributed by atoms with Crippen molar-refractivity contribution in [3.05, 3.63) is 57.4 Å². The van der Waals surface area contributed by atoms with Gasteiger partial charge in [0, 0.05) is 19.2 Å². The topological polar surface area (TPSA) is 104 Å². The number of hydrogen-bond donors (Lipinski definition) is 0. The Bertz CT molecular complexity index is 1130. The summed E-state index contributed by atoms with van der Waals surface area (Å²) in [7, 11) is -0.760. The van der Waals surface area contributed by atoms with E-state index < -0.39 is 14.9 Å². The molecule has 0 N–H and O–H groups in total. The molecule has 0 fully saturated rings. The number of nitro groups is 1. The van der Waals surface area contributed by atoms with Crippen molar-refractivity contribution in [1.82, 2.24) is 4.57 Å². The average molecular weight is 379 g/mol. The number of fused-ring (bicyclic) bond motifs is 1. The second-order valence-electron chi connectivity index (χ2n) is 5.09. The minimum Gasteiger partial charge on any atom is -0.497 e. The van der Waals surface area contributed by atoms with Gasteiger partial charge in [-0.05, 0) is 30.3 Å². The van der Waals surface area contributed by atoms with Crippen LogP contribution in [-0.2, 0) is 17.1 Å². The summed E-state index contributed by atoms with van der Waals surface area (Å²) in [4.78, 5) is 10.6. The first-order valence-corrected chi connectivity index (χ1v) is 9.26. The van der Waals surface area contributed by atoms with Gasteiger partial charge in [0.1, 0.15) is 5.75 Å². The van der Waals surface area contributed by atoms with Crippen molar-refractivity contribution in [3.63, 3.8) is 0 Å². The molecule has 0 aliphatic rings. The highest BCUT2D eigenvalue weighted by Gasteiger charge is 2.15. The zero-order chi connectivity index (χ0) is 18.2. The number of ether oxygens (including phenoxy) is 1. The summed E-state index contributed by atoms with van der Waals surface area (Å²) in [6.07, 6.45) is 0. The second kappa shape index (κ2) is 6.30. The van der Waals surface area contributed by atoms with E-state index in [4.69, 9.17) is 4.74 Å². The van der Waals surface area contributed by atoms with Crippen LogP contribution >= 0.6 is 11.3 Å². The van der Waals surface area contributed by atoms with E-state index in [2.05, 4.69) is 4.40 Å². The Labute approximate surface area is 146 Å². The SMILES string of the molecule is COc1ccc(S(=O)(=O)N=c2sc3cc([N+](=O)[O-])ccc3n2C)cc1. The van der Waals surface area contributed by atoms with Gasteiger partial charge in [-0.3, -0.25) is 10.1 Å². The minimum absolute atomic E-state index is 0.0386. The lowest BCUT2D eigenvalue weighted by atomic mass is 10.3. The maximum atomic E-state index is 12.5. The molecule has 0 radical (unpaired) electrons. The average Bonchev–Trinajstić information content (AvgIpc) is 2.89. The lowest BCUT2D eigenvalue weighted by molar-refractivity contribution is -0.384. The third-order valence-electron chi connectivity index (χ3n) is 3.56. The molecule has 0 saturated heterocycles. The molecule has 2 aromatic carbocycles. The van der Waals surface area contributed by atoms with Crippen molar-refractivity contribution in [3.8, 4) is 5.75 Å². The van der Waals surface area contributed by atoms with E-state index in [9.17, 15) is 18.5 Å². The fraction of sp³-hybridized carbons (Fsp3) is 0.133. The molecule has 0 aliphatic heterocycles. The van der Waals surface area contributed by atoms with Crippen LogP contribution in [0.1, 0.15) is 0 Å². The number of sulfonamides is 1. The first kappa shape index (κ1) is 17.1. The highest BCUT2D eigenvalue weighted by atomic mass is 32.2. The number of rotatable bonds is 4. The fourth-order valence-electron chi connectivity index (χ4n) is 2.23. The van der Waals surface area contributed by atoms with Crippen LogP contribution in [0.15, 0.2) is 51.8 Å². The van der Waals surface area contributed by atoms with Gasteiger partial charge in [-0.1, -0.05) is 11.3 Å². The van der Waals surface area contributed by atoms with E-state index in [1.165, 1.54) is 43.5 Å². The van der Waals surface area contributed by atoms with Gasteiger partial charge >= 0.3 is 0 Å². The van der Waals surface area contributed by atoms with Gasteiger partial charge in [0.25, 0.3) is 15.7 Å². The molecule has 25 heavy (non-hydrogen) atoms. The fourth-order valence-corrected chi connectivity index (χ4v) is 4.51. The summed E-state index contributed by atoms with van der Waals surface area (Å²) in [6, 6.07) is 10.2. The quantitative estimate of drug-likeness (QED) is 0.511. The van der Waals surface area contributed by atoms with Gasteiger partial charge in [0.2, 0.25) is 4.80 Å². The van der Waals surface area contributed by atoms with E-state index in [1.807, 2.05) is 0 Å². The van der Waals surface area contributed by atoms with E-state index in [0.29, 0.717) is 16.0 Å². The van der Waals surface area contributed by atoms with Crippen molar-refractivity contribution in [1.29, 1.82) is 0 Å². The Morgan fingerprint density at radius 2 is 1.88 bits per heavy atom. The summed E-state index contributed by atoms with van der Waals surface area (Å²) in [5.41, 5.74) is 0.609. The number of thiazole rings is 1. The maximum absolute atomic E-state index is 12.5. The number of nitrogens with zero attached hydrogens (tertiary/aromatic N) is 3. The first-order chi connectivity index (χ1) is 11.8. The lowest BCUT2D eigenvalue weighted by Crippen LogP contribution is -2.13. The summed E-state index contributed by atoms with van der Waals surface area (Å²) < 4.78 is 36.0. The van der Waals surface area contributed by atoms with Crippen molar-refractivity contribution in [2.24, 2.45) is 11.4 Å². The van der Waals surface area contributed by atoms with E-state index >= 15 is 0 Å². The number of aromatic nitrogens is 1. The molecule has 0 aliphatic carbocycles. The molecule has 3 aromatic rings. The number of non-ortho nitro benzene ring substituents is 1. The van der Waals surface area contributed by atoms with Crippen LogP contribution in [0.25, 0.3) is 10.2 Å². The van der Waals surface area contributed by atoms with Crippen LogP contribution in [-0.4, -0.2) is 25.0 Å². The molecule has 0 spiro atoms. The molecule has 10 heteroatoms. The Morgan fingerprint density at radius 3 is 2.48 bits per heavy atom. The monoisotopic (exact) mass is 379 g/mol. The van der Waals surface area contributed by atoms with Crippen molar-refractivity contribution >= 4 is 37.3 Å². The smallest absolute Gasteiger partial charge is 0.285 e. The van der Waals surface area contributed by atoms with Gasteiger partial charge in [-0.15, -0.1) is 4.40 Å². The van der Waals surface area contributed by atoms with Gasteiger partial charge in [0.15, 0.2) is 0 Å². The van der Waals surface area contributed by atoms with Gasteiger partial charge < -0.3 is 9.30 Å². The second-order valence-corrected chi connectivity index (χ2v) is 7.71. The third kappa shape index (κ3) is 3.26. The van der Waals surface area contributed by atoms with Gasteiger partial charge in [0.05, 0.1) is 27.1 Å². The predicted octanol–water partition coefficient (Wildman–Crippen LogP) is 2.45. The lowest BCUT2D eigenvalue weighted by Gasteiger charge is -2.01. The molecule has 0 amide bonds. The number of hydrogen-bond acceptors (Lipinski definition) is 6. The Hall–Kier alpha value is -2.72. The molecular formula is C15H13N3O5S2. The number of methoxy groups -OCH3 is 1. The van der Waals surface area contributed by atoms with Crippen LogP contribution in [0.2, 0.25) is 0 Å². The molecule has 3 rings (SSSR count). The first-order valence-electron chi connectivity index (χ1n) is 7.01. The van der Waals surface area contributed by atoms with Crippen molar-refractivity contribution in [2.45, 2.75) is 4.90 Å². The predicted molar refractivity (Wildman–Crippen MR) is 93.2 cm³/mol. The Kier molecular flexibility index (Phi) is 4.31. The highest BCUT2D eigenvalue weighted by Crippen LogP contribution is 2.23. The summed E-state index contributed by atoms with van der Waals surface area (Å²) in [5, 5.41) is 10.9. The molecule has 130 valence electrons. The molecule has 1 aromatic heterocycles. The molecule has 0 atom stereocenters. The summed E-state index contributed by atoms with van der Waals surface area (Å²) in [5.74, 6) is 0.540. The standard InChI is InChI=1S/C15H13N3O5S2/c1-17-13-8-3-10(18(19)20)9-14(13)24-15(17)16-25(21,22)12-6-4-11(23-2)5-7-12/h3-9H,1-2H3. The summed E-state index contributed by atoms with van der Waals surface area (Å²) in [6.45, 7) is 0. The zero-order valence-electron chi connectivity index (χ0n) is 13.2. The molecule has 0 bridgehead atoms. The van der Waals surface area contributed by atoms with Crippen LogP contribution in [0, 0.1) is 10.1 Å². The van der Waals surface area contributed by atoms with E-state index in [0.717, 1.165) is 11.3 Å². The number of aryl methyl sites for hydroxylation is 1. The van der Waals surface area contributed by atoms with Crippen LogP contribution < -0.4 is 9.54 Å². The van der Waals surface area contributed by atoms with Crippen LogP contribution in [0.3, 0.4) is 0 Å². The third-order valence-corrected chi connectivity index (χ3v) is 6.05. The zero-order valence-corrected chi connectivity index (χ0v) is 14.9. The molecule has 1 heterocycles. The normalized spacial score (nSPS) is 12.5. The number of benzene rings is 2. The largest absolute Gasteiger partial charge is 0.497 e. The molecule has 0 unspecified atom stereocenters. The summed E-state index contributed by atoms with van der Waals surface area (Å²) >= 11 is 1.07. The van der Waals surface area contributed by atoms with E-state index in [-0.39, 0.29) is 15.4 Å². The Balaban J connectivity index is 2.13. The maximum Gasteiger partial charge on any atom is 0.285 e. The molecule has 8 nitrogen and oxygen atoms in total. The Morgan fingerprint density at radius 1 is 1.20 bits per heavy atom. The van der Waals surface area contributed by atoms with Gasteiger partial charge in [-0.2, -0.15) is 8.42 Å². The van der Waals surface area contributed by atoms with Crippen LogP contribution in [0.4, 0.5) is 5.69 Å². The van der Waals surface area contributed by atoms with Gasteiger partial charge in [-0.25, -0.2) is 0 Å². The van der Waals surface area contributed by atoms with Crippen molar-refractivity contribution < 1.29 is 18.1 Å². The van der Waals surface area contributed by atoms with E-state index in [1.54, 1.807) is 17.7 Å². The highest BCUT2D eigenvalue weighted by molar-refractivity contribution is 7.90. The minimum atomic E-state index is -3.91. The molecular weight excluding hydrogens is 366 g/mol. The number of nitro benzene ring substituents is 1. The van der Waals surface area contributed by atoms with Crippen molar-refractivity contribution in [2.75, 3.05) is 7.11 Å².